The molecule has 17 N–H and O–H groups in total. The minimum Gasteiger partial charge on any atom is -0.508 e. The Labute approximate surface area is 247 Å². The molecule has 1 aromatic rings. The van der Waals surface area contributed by atoms with Crippen LogP contribution in [0.1, 0.15) is 37.7 Å². The van der Waals surface area contributed by atoms with Crippen LogP contribution in [0.15, 0.2) is 34.3 Å². The molecule has 18 heteroatoms. The van der Waals surface area contributed by atoms with E-state index >= 15 is 0 Å². The van der Waals surface area contributed by atoms with Gasteiger partial charge in [0.15, 0.2) is 11.9 Å². The number of primary amides is 1. The third-order valence-corrected chi connectivity index (χ3v) is 5.91. The van der Waals surface area contributed by atoms with E-state index in [9.17, 15) is 34.2 Å². The van der Waals surface area contributed by atoms with Crippen molar-refractivity contribution >= 4 is 41.5 Å². The molecule has 0 bridgehead atoms. The molecule has 0 fully saturated rings. The van der Waals surface area contributed by atoms with E-state index in [4.69, 9.17) is 34.4 Å². The molecule has 0 saturated heterocycles. The number of carbonyl (C=O) groups excluding carboxylic acids is 4. The van der Waals surface area contributed by atoms with Gasteiger partial charge in [-0.2, -0.15) is 0 Å². The van der Waals surface area contributed by atoms with Crippen LogP contribution < -0.4 is 50.4 Å². The van der Waals surface area contributed by atoms with E-state index in [2.05, 4.69) is 25.9 Å². The second-order valence-electron chi connectivity index (χ2n) is 9.57. The van der Waals surface area contributed by atoms with E-state index in [-0.39, 0.29) is 56.4 Å². The summed E-state index contributed by atoms with van der Waals surface area (Å²) in [6, 6.07) is 0.491. The molecule has 238 valence electrons. The van der Waals surface area contributed by atoms with E-state index in [0.717, 1.165) is 0 Å². The normalized spacial score (nSPS) is 13.3. The summed E-state index contributed by atoms with van der Waals surface area (Å²) in [5, 5.41) is 26.3. The van der Waals surface area contributed by atoms with E-state index in [1.807, 2.05) is 0 Å². The van der Waals surface area contributed by atoms with E-state index in [0.29, 0.717) is 12.0 Å². The van der Waals surface area contributed by atoms with Gasteiger partial charge in [0, 0.05) is 19.5 Å². The Morgan fingerprint density at radius 3 is 1.72 bits per heavy atom. The van der Waals surface area contributed by atoms with Crippen LogP contribution in [-0.2, 0) is 30.4 Å². The quantitative estimate of drug-likeness (QED) is 0.0405. The van der Waals surface area contributed by atoms with Crippen molar-refractivity contribution in [2.24, 2.45) is 44.4 Å². The van der Waals surface area contributed by atoms with Crippen LogP contribution in [0, 0.1) is 0 Å². The summed E-state index contributed by atoms with van der Waals surface area (Å²) in [6.07, 6.45) is 0.0594. The summed E-state index contributed by atoms with van der Waals surface area (Å²) in [4.78, 5) is 69.9. The first kappa shape index (κ1) is 35.9. The van der Waals surface area contributed by atoms with Gasteiger partial charge in [-0.1, -0.05) is 12.1 Å². The van der Waals surface area contributed by atoms with Gasteiger partial charge < -0.3 is 60.6 Å². The zero-order valence-electron chi connectivity index (χ0n) is 23.6. The Morgan fingerprint density at radius 1 is 0.721 bits per heavy atom. The summed E-state index contributed by atoms with van der Waals surface area (Å²) in [5.41, 5.74) is 32.8. The SMILES string of the molecule is NC(=O)CC(NC(=O)C(Cc1ccc(O)cc1)NC(=O)C(CCCN=C(N)N)NC(=O)C(N)CCCN=C(N)N)C(=O)O. The van der Waals surface area contributed by atoms with Crippen molar-refractivity contribution in [3.05, 3.63) is 29.8 Å². The lowest BCUT2D eigenvalue weighted by Gasteiger charge is -2.25. The highest BCUT2D eigenvalue weighted by Gasteiger charge is 2.31. The number of aliphatic carboxylic acids is 1. The average molecular weight is 608 g/mol. The van der Waals surface area contributed by atoms with E-state index in [1.165, 1.54) is 24.3 Å². The van der Waals surface area contributed by atoms with Gasteiger partial charge in [-0.25, -0.2) is 4.79 Å². The highest BCUT2D eigenvalue weighted by Crippen LogP contribution is 2.12. The van der Waals surface area contributed by atoms with Crippen LogP contribution in [0.5, 0.6) is 5.75 Å². The number of nitrogens with two attached hydrogens (primary N) is 6. The van der Waals surface area contributed by atoms with Gasteiger partial charge in [0.05, 0.1) is 12.5 Å². The minimum atomic E-state index is -1.66. The first-order chi connectivity index (χ1) is 20.2. The highest BCUT2D eigenvalue weighted by molar-refractivity contribution is 5.95. The second-order valence-corrected chi connectivity index (χ2v) is 9.57. The lowest BCUT2D eigenvalue weighted by molar-refractivity contribution is -0.143. The van der Waals surface area contributed by atoms with Gasteiger partial charge in [-0.3, -0.25) is 29.2 Å². The average Bonchev–Trinajstić information content (AvgIpc) is 2.92. The fourth-order valence-electron chi connectivity index (χ4n) is 3.72. The number of nitrogens with one attached hydrogen (secondary N) is 3. The van der Waals surface area contributed by atoms with Crippen LogP contribution in [0.3, 0.4) is 0 Å². The van der Waals surface area contributed by atoms with Gasteiger partial charge in [-0.05, 0) is 43.4 Å². The van der Waals surface area contributed by atoms with Crippen LogP contribution in [0.4, 0.5) is 0 Å². The summed E-state index contributed by atoms with van der Waals surface area (Å²) < 4.78 is 0. The van der Waals surface area contributed by atoms with Crippen molar-refractivity contribution in [1.82, 2.24) is 16.0 Å². The second kappa shape index (κ2) is 18.3. The van der Waals surface area contributed by atoms with Gasteiger partial charge in [0.25, 0.3) is 0 Å². The molecule has 4 atom stereocenters. The number of aliphatic imine (C=N–C) groups is 2. The van der Waals surface area contributed by atoms with E-state index in [1.54, 1.807) is 0 Å². The number of amides is 4. The van der Waals surface area contributed by atoms with Crippen LogP contribution in [0.25, 0.3) is 0 Å². The van der Waals surface area contributed by atoms with Crippen LogP contribution in [-0.4, -0.2) is 89.0 Å². The van der Waals surface area contributed by atoms with Crippen LogP contribution in [0.2, 0.25) is 0 Å². The maximum absolute atomic E-state index is 13.4. The molecule has 4 amide bonds. The Bertz CT molecular complexity index is 1170. The maximum Gasteiger partial charge on any atom is 0.326 e. The Balaban J connectivity index is 3.16. The number of carboxylic acids is 1. The molecule has 0 aliphatic rings. The van der Waals surface area contributed by atoms with Gasteiger partial charge in [0.2, 0.25) is 23.6 Å². The number of carboxylic acid groups (broad SMARTS) is 1. The largest absolute Gasteiger partial charge is 0.508 e. The lowest BCUT2D eigenvalue weighted by atomic mass is 10.0. The van der Waals surface area contributed by atoms with Crippen molar-refractivity contribution in [3.63, 3.8) is 0 Å². The smallest absolute Gasteiger partial charge is 0.326 e. The molecule has 0 saturated carbocycles. The molecule has 4 unspecified atom stereocenters. The molecule has 43 heavy (non-hydrogen) atoms. The third-order valence-electron chi connectivity index (χ3n) is 5.91. The van der Waals surface area contributed by atoms with Crippen molar-refractivity contribution in [2.75, 3.05) is 13.1 Å². The maximum atomic E-state index is 13.4. The van der Waals surface area contributed by atoms with Crippen molar-refractivity contribution in [3.8, 4) is 5.75 Å². The fourth-order valence-corrected chi connectivity index (χ4v) is 3.72. The summed E-state index contributed by atoms with van der Waals surface area (Å²) in [5.74, 6) is -5.17. The molecule has 1 rings (SSSR count). The zero-order valence-corrected chi connectivity index (χ0v) is 23.6. The van der Waals surface area contributed by atoms with Gasteiger partial charge in [0.1, 0.15) is 23.9 Å². The Kier molecular flexibility index (Phi) is 15.3. The number of hydrogen-bond donors (Lipinski definition) is 11. The summed E-state index contributed by atoms with van der Waals surface area (Å²) in [6.45, 7) is 0.379. The van der Waals surface area contributed by atoms with Gasteiger partial charge in [-0.15, -0.1) is 0 Å². The van der Waals surface area contributed by atoms with Gasteiger partial charge >= 0.3 is 5.97 Å². The monoisotopic (exact) mass is 607 g/mol. The number of rotatable bonds is 19. The third kappa shape index (κ3) is 14.9. The number of nitrogens with zero attached hydrogens (tertiary/aromatic N) is 2. The molecule has 0 aromatic heterocycles. The molecular weight excluding hydrogens is 566 g/mol. The van der Waals surface area contributed by atoms with E-state index < -0.39 is 60.2 Å². The van der Waals surface area contributed by atoms with Crippen molar-refractivity contribution in [1.29, 1.82) is 0 Å². The first-order valence-corrected chi connectivity index (χ1v) is 13.3. The molecule has 0 spiro atoms. The van der Waals surface area contributed by atoms with Crippen molar-refractivity contribution < 1.29 is 34.2 Å². The molecule has 0 aliphatic carbocycles. The summed E-state index contributed by atoms with van der Waals surface area (Å²) >= 11 is 0. The Morgan fingerprint density at radius 2 is 1.21 bits per heavy atom. The summed E-state index contributed by atoms with van der Waals surface area (Å²) in [7, 11) is 0. The number of phenols is 1. The number of aromatic hydroxyl groups is 1. The first-order valence-electron chi connectivity index (χ1n) is 13.3. The Hall–Kier alpha value is -5.13. The molecule has 0 radical (unpaired) electrons. The lowest BCUT2D eigenvalue weighted by Crippen LogP contribution is -2.57. The number of guanidine groups is 2. The highest BCUT2D eigenvalue weighted by atomic mass is 16.4. The number of carbonyl (C=O) groups is 5. The predicted molar refractivity (Wildman–Crippen MR) is 157 cm³/mol. The predicted octanol–water partition coefficient (Wildman–Crippen LogP) is -4.22. The number of hydrogen-bond acceptors (Lipinski definition) is 9. The number of benzene rings is 1. The molecular formula is C25H41N11O7. The molecule has 18 nitrogen and oxygen atoms in total. The molecule has 1 aromatic carbocycles. The minimum absolute atomic E-state index is 0.0422. The fraction of sp³-hybridized carbons (Fsp3) is 0.480. The zero-order chi connectivity index (χ0) is 32.5. The standard InChI is InChI=1S/C25H41N11O7/c26-15(3-1-9-32-24(28)29)20(39)34-16(4-2-10-33-25(30)31)21(40)35-17(11-13-5-7-14(37)8-6-13)22(41)36-18(23(42)43)12-19(27)38/h5-8,15-18,37H,1-4,9-12,26H2,(H2,27,38)(H,34,39)(H,35,40)(H,36,41)(H,42,43)(H4,28,29,32)(H4,30,31,33). The molecule has 0 aliphatic heterocycles. The number of phenolic OH excluding ortho intramolecular Hbond substituents is 1. The van der Waals surface area contributed by atoms with Crippen LogP contribution >= 0.6 is 0 Å². The molecule has 0 heterocycles. The topological polar surface area (TPSA) is 343 Å². The van der Waals surface area contributed by atoms with Crippen molar-refractivity contribution in [2.45, 2.75) is 62.7 Å².